The van der Waals surface area contributed by atoms with Crippen molar-refractivity contribution in [2.24, 2.45) is 0 Å². The van der Waals surface area contributed by atoms with Crippen LogP contribution in [0.1, 0.15) is 31.1 Å². The van der Waals surface area contributed by atoms with Crippen molar-refractivity contribution in [2.45, 2.75) is 32.9 Å². The molecule has 0 saturated heterocycles. The van der Waals surface area contributed by atoms with E-state index in [1.165, 1.54) is 12.1 Å². The molecule has 2 rings (SSSR count). The first-order valence-electron chi connectivity index (χ1n) is 6.91. The van der Waals surface area contributed by atoms with Crippen LogP contribution in [0.25, 0.3) is 11.0 Å². The second kappa shape index (κ2) is 6.05. The van der Waals surface area contributed by atoms with E-state index in [9.17, 15) is 9.59 Å². The Morgan fingerprint density at radius 3 is 2.73 bits per heavy atom. The second-order valence-corrected chi connectivity index (χ2v) is 5.88. The van der Waals surface area contributed by atoms with Gasteiger partial charge in [0.05, 0.1) is 22.9 Å². The van der Waals surface area contributed by atoms with Crippen molar-refractivity contribution in [1.29, 1.82) is 0 Å². The summed E-state index contributed by atoms with van der Waals surface area (Å²) in [6.45, 7) is 6.31. The molecule has 0 unspecified atom stereocenters. The molecular formula is C15H19N3O4. The van der Waals surface area contributed by atoms with Crippen molar-refractivity contribution in [3.8, 4) is 0 Å². The van der Waals surface area contributed by atoms with Gasteiger partial charge in [-0.1, -0.05) is 0 Å². The fourth-order valence-corrected chi connectivity index (χ4v) is 1.97. The number of hydrogen-bond acceptors (Lipinski definition) is 4. The molecule has 1 amide bonds. The van der Waals surface area contributed by atoms with Gasteiger partial charge in [-0.3, -0.25) is 0 Å². The smallest absolute Gasteiger partial charge is 0.407 e. The van der Waals surface area contributed by atoms with E-state index in [0.717, 1.165) is 5.52 Å². The molecule has 0 fully saturated rings. The highest BCUT2D eigenvalue weighted by Gasteiger charge is 2.15. The molecule has 0 aliphatic carbocycles. The van der Waals surface area contributed by atoms with Gasteiger partial charge in [0.25, 0.3) is 0 Å². The van der Waals surface area contributed by atoms with Crippen molar-refractivity contribution < 1.29 is 19.4 Å². The molecule has 2 N–H and O–H groups in total. The van der Waals surface area contributed by atoms with Crippen LogP contribution in [0.5, 0.6) is 0 Å². The number of nitrogens with one attached hydrogen (secondary N) is 1. The highest BCUT2D eigenvalue weighted by molar-refractivity contribution is 5.92. The number of fused-ring (bicyclic) bond motifs is 1. The van der Waals surface area contributed by atoms with Crippen LogP contribution >= 0.6 is 0 Å². The summed E-state index contributed by atoms with van der Waals surface area (Å²) in [6.07, 6.45) is 1.15. The van der Waals surface area contributed by atoms with Crippen LogP contribution in [0.15, 0.2) is 24.5 Å². The average Bonchev–Trinajstić information content (AvgIpc) is 2.79. The Bertz CT molecular complexity index is 700. The van der Waals surface area contributed by atoms with Crippen LogP contribution in [0.3, 0.4) is 0 Å². The van der Waals surface area contributed by atoms with Gasteiger partial charge in [0.15, 0.2) is 0 Å². The zero-order valence-corrected chi connectivity index (χ0v) is 12.8. The number of imidazole rings is 1. The molecule has 1 aromatic heterocycles. The third kappa shape index (κ3) is 3.97. The molecular weight excluding hydrogens is 286 g/mol. The Kier molecular flexibility index (Phi) is 4.35. The van der Waals surface area contributed by atoms with Crippen molar-refractivity contribution in [1.82, 2.24) is 14.9 Å². The van der Waals surface area contributed by atoms with Crippen molar-refractivity contribution in [3.63, 3.8) is 0 Å². The van der Waals surface area contributed by atoms with Crippen LogP contribution in [0.4, 0.5) is 4.79 Å². The predicted octanol–water partition coefficient (Wildman–Crippen LogP) is 2.26. The summed E-state index contributed by atoms with van der Waals surface area (Å²) in [5.74, 6) is -0.983. The fourth-order valence-electron chi connectivity index (χ4n) is 1.97. The van der Waals surface area contributed by atoms with Gasteiger partial charge in [-0.25, -0.2) is 14.6 Å². The number of alkyl carbamates (subject to hydrolysis) is 1. The Morgan fingerprint density at radius 1 is 1.36 bits per heavy atom. The molecule has 118 valence electrons. The molecule has 0 bridgehead atoms. The minimum atomic E-state index is -0.983. The molecule has 7 heteroatoms. The fraction of sp³-hybridized carbons (Fsp3) is 0.400. The van der Waals surface area contributed by atoms with Crippen LogP contribution in [-0.2, 0) is 11.3 Å². The Balaban J connectivity index is 1.98. The first-order valence-corrected chi connectivity index (χ1v) is 6.91. The second-order valence-electron chi connectivity index (χ2n) is 5.88. The predicted molar refractivity (Wildman–Crippen MR) is 80.9 cm³/mol. The summed E-state index contributed by atoms with van der Waals surface area (Å²) < 4.78 is 6.99. The van der Waals surface area contributed by atoms with Crippen LogP contribution in [-0.4, -0.2) is 38.9 Å². The van der Waals surface area contributed by atoms with E-state index in [2.05, 4.69) is 10.3 Å². The third-order valence-corrected chi connectivity index (χ3v) is 2.89. The molecule has 22 heavy (non-hydrogen) atoms. The zero-order valence-electron chi connectivity index (χ0n) is 12.8. The van der Waals surface area contributed by atoms with Crippen LogP contribution in [0, 0.1) is 0 Å². The quantitative estimate of drug-likeness (QED) is 0.903. The van der Waals surface area contributed by atoms with Gasteiger partial charge in [0.1, 0.15) is 5.60 Å². The molecule has 0 saturated carbocycles. The lowest BCUT2D eigenvalue weighted by Gasteiger charge is -2.19. The van der Waals surface area contributed by atoms with Crippen molar-refractivity contribution in [3.05, 3.63) is 30.1 Å². The maximum Gasteiger partial charge on any atom is 0.407 e. The maximum absolute atomic E-state index is 11.5. The number of carboxylic acids is 1. The molecule has 1 heterocycles. The van der Waals surface area contributed by atoms with Gasteiger partial charge in [0, 0.05) is 13.1 Å². The molecule has 2 aromatic rings. The molecule has 7 nitrogen and oxygen atoms in total. The summed E-state index contributed by atoms with van der Waals surface area (Å²) in [5, 5.41) is 11.6. The van der Waals surface area contributed by atoms with E-state index >= 15 is 0 Å². The summed E-state index contributed by atoms with van der Waals surface area (Å²) in [4.78, 5) is 26.6. The number of carbonyl (C=O) groups is 2. The van der Waals surface area contributed by atoms with Gasteiger partial charge in [-0.2, -0.15) is 0 Å². The summed E-state index contributed by atoms with van der Waals surface area (Å²) >= 11 is 0. The zero-order chi connectivity index (χ0) is 16.3. The third-order valence-electron chi connectivity index (χ3n) is 2.89. The lowest BCUT2D eigenvalue weighted by Crippen LogP contribution is -2.34. The lowest BCUT2D eigenvalue weighted by atomic mass is 10.2. The highest BCUT2D eigenvalue weighted by atomic mass is 16.6. The minimum Gasteiger partial charge on any atom is -0.478 e. The lowest BCUT2D eigenvalue weighted by molar-refractivity contribution is 0.0525. The number of nitrogens with zero attached hydrogens (tertiary/aromatic N) is 2. The van der Waals surface area contributed by atoms with Crippen molar-refractivity contribution in [2.75, 3.05) is 6.54 Å². The largest absolute Gasteiger partial charge is 0.478 e. The van der Waals surface area contributed by atoms with Crippen LogP contribution < -0.4 is 5.32 Å². The van der Waals surface area contributed by atoms with E-state index in [-0.39, 0.29) is 5.56 Å². The summed E-state index contributed by atoms with van der Waals surface area (Å²) in [5.41, 5.74) is 1.09. The first-order chi connectivity index (χ1) is 10.3. The average molecular weight is 305 g/mol. The van der Waals surface area contributed by atoms with Crippen molar-refractivity contribution >= 4 is 23.1 Å². The number of benzene rings is 1. The van der Waals surface area contributed by atoms with E-state index in [0.29, 0.717) is 18.6 Å². The number of hydrogen-bond donors (Lipinski definition) is 2. The number of carbonyl (C=O) groups excluding carboxylic acids is 1. The number of aromatic nitrogens is 2. The Labute approximate surface area is 127 Å². The number of rotatable bonds is 4. The number of ether oxygens (including phenoxy) is 1. The Morgan fingerprint density at radius 2 is 2.09 bits per heavy atom. The van der Waals surface area contributed by atoms with E-state index < -0.39 is 17.7 Å². The number of aromatic carboxylic acids is 1. The maximum atomic E-state index is 11.5. The molecule has 0 radical (unpaired) electrons. The monoisotopic (exact) mass is 305 g/mol. The molecule has 0 spiro atoms. The Hall–Kier alpha value is -2.57. The number of amides is 1. The molecule has 0 aliphatic heterocycles. The van der Waals surface area contributed by atoms with Gasteiger partial charge in [0.2, 0.25) is 0 Å². The number of carboxylic acid groups (broad SMARTS) is 1. The topological polar surface area (TPSA) is 93.5 Å². The highest BCUT2D eigenvalue weighted by Crippen LogP contribution is 2.15. The summed E-state index contributed by atoms with van der Waals surface area (Å²) in [6, 6.07) is 4.76. The van der Waals surface area contributed by atoms with E-state index in [1.807, 2.05) is 4.57 Å². The standard InChI is InChI=1S/C15H19N3O4/c1-15(2,3)22-14(21)16-6-7-18-9-17-11-8-10(13(19)20)4-5-12(11)18/h4-5,8-9H,6-7H2,1-3H3,(H,16,21)(H,19,20). The molecule has 1 aromatic carbocycles. The normalized spacial score (nSPS) is 11.4. The molecule has 0 atom stereocenters. The SMILES string of the molecule is CC(C)(C)OC(=O)NCCn1cnc2cc(C(=O)O)ccc21. The van der Waals surface area contributed by atoms with E-state index in [1.54, 1.807) is 33.2 Å². The summed E-state index contributed by atoms with van der Waals surface area (Å²) in [7, 11) is 0. The van der Waals surface area contributed by atoms with Crippen LogP contribution in [0.2, 0.25) is 0 Å². The van der Waals surface area contributed by atoms with Gasteiger partial charge in [-0.05, 0) is 39.0 Å². The van der Waals surface area contributed by atoms with Gasteiger partial charge < -0.3 is 19.7 Å². The van der Waals surface area contributed by atoms with Gasteiger partial charge in [-0.15, -0.1) is 0 Å². The minimum absolute atomic E-state index is 0.199. The molecule has 0 aliphatic rings. The van der Waals surface area contributed by atoms with Gasteiger partial charge >= 0.3 is 12.1 Å². The van der Waals surface area contributed by atoms with E-state index in [4.69, 9.17) is 9.84 Å². The first kappa shape index (κ1) is 15.8.